The molecule has 2 aromatic heterocycles. The molecule has 0 bridgehead atoms. The molecule has 0 spiro atoms. The highest BCUT2D eigenvalue weighted by molar-refractivity contribution is 9.10. The predicted molar refractivity (Wildman–Crippen MR) is 110 cm³/mol. The van der Waals surface area contributed by atoms with E-state index in [1.807, 2.05) is 13.8 Å². The predicted octanol–water partition coefficient (Wildman–Crippen LogP) is 1.93. The monoisotopic (exact) mass is 450 g/mol. The summed E-state index contributed by atoms with van der Waals surface area (Å²) in [4.78, 5) is 30.8. The van der Waals surface area contributed by atoms with E-state index in [4.69, 9.17) is 4.74 Å². The first-order valence-corrected chi connectivity index (χ1v) is 9.10. The minimum Gasteiger partial charge on any atom is -0.503 e. The Bertz CT molecular complexity index is 1190. The van der Waals surface area contributed by atoms with Crippen molar-refractivity contribution in [3.8, 4) is 11.5 Å². The van der Waals surface area contributed by atoms with E-state index in [0.29, 0.717) is 21.7 Å². The number of H-pyrrole nitrogens is 1. The van der Waals surface area contributed by atoms with Gasteiger partial charge >= 0.3 is 5.69 Å². The van der Waals surface area contributed by atoms with Crippen molar-refractivity contribution in [3.05, 3.63) is 43.0 Å². The second-order valence-corrected chi connectivity index (χ2v) is 7.17. The quantitative estimate of drug-likeness (QED) is 0.402. The molecule has 3 aromatic rings. The molecule has 0 saturated heterocycles. The number of ether oxygens (including phenoxy) is 1. The number of nitrogens with zero attached hydrogens (tertiary/aromatic N) is 4. The zero-order valence-corrected chi connectivity index (χ0v) is 17.2. The number of rotatable bonds is 5. The van der Waals surface area contributed by atoms with Crippen LogP contribution in [0, 0.1) is 0 Å². The maximum atomic E-state index is 12.3. The highest BCUT2D eigenvalue weighted by Crippen LogP contribution is 2.34. The molecule has 0 unspecified atom stereocenters. The van der Waals surface area contributed by atoms with Crippen LogP contribution < -0.4 is 21.4 Å². The number of hydrogen-bond acceptors (Lipinski definition) is 7. The highest BCUT2D eigenvalue weighted by atomic mass is 79.9. The zero-order chi connectivity index (χ0) is 20.6. The Labute approximate surface area is 167 Å². The van der Waals surface area contributed by atoms with E-state index in [1.165, 1.54) is 24.9 Å². The first kappa shape index (κ1) is 19.7. The molecule has 0 aliphatic carbocycles. The van der Waals surface area contributed by atoms with Gasteiger partial charge in [-0.05, 0) is 47.5 Å². The molecule has 0 amide bonds. The molecule has 10 nitrogen and oxygen atoms in total. The second kappa shape index (κ2) is 7.50. The van der Waals surface area contributed by atoms with Crippen LogP contribution >= 0.6 is 15.9 Å². The van der Waals surface area contributed by atoms with E-state index >= 15 is 0 Å². The molecular formula is C17H19BrN6O4. The first-order valence-electron chi connectivity index (χ1n) is 8.31. The summed E-state index contributed by atoms with van der Waals surface area (Å²) < 4.78 is 8.51. The third-order valence-electron chi connectivity index (χ3n) is 4.12. The maximum Gasteiger partial charge on any atom is 0.329 e. The lowest BCUT2D eigenvalue weighted by Crippen LogP contribution is -2.29. The molecule has 0 aliphatic rings. The summed E-state index contributed by atoms with van der Waals surface area (Å²) in [5.41, 5.74) is 2.96. The minimum absolute atomic E-state index is 0.00523. The molecule has 0 atom stereocenters. The number of aromatic amines is 1. The Balaban J connectivity index is 2.03. The number of methoxy groups -OCH3 is 1. The van der Waals surface area contributed by atoms with Crippen LogP contribution in [0.15, 0.2) is 31.3 Å². The van der Waals surface area contributed by atoms with Crippen molar-refractivity contribution in [3.63, 3.8) is 0 Å². The Hall–Kier alpha value is -3.08. The van der Waals surface area contributed by atoms with Gasteiger partial charge in [-0.25, -0.2) is 10.2 Å². The number of aryl methyl sites for hydroxylation is 1. The third-order valence-corrected chi connectivity index (χ3v) is 4.72. The molecule has 2 heterocycles. The standard InChI is InChI=1S/C17H19BrN6O4/c1-8(2)24-12-14(23(3)17(27)21-15(12)26)20-16(24)22-19-7-9-5-10(18)13(25)11(6-9)28-4/h5-8,25H,1-4H3,(H,20,22)(H,21,26,27). The molecule has 3 rings (SSSR count). The van der Waals surface area contributed by atoms with E-state index in [-0.39, 0.29) is 23.0 Å². The van der Waals surface area contributed by atoms with Crippen molar-refractivity contribution >= 4 is 39.3 Å². The number of anilines is 1. The third kappa shape index (κ3) is 3.40. The smallest absolute Gasteiger partial charge is 0.329 e. The summed E-state index contributed by atoms with van der Waals surface area (Å²) >= 11 is 3.25. The van der Waals surface area contributed by atoms with Gasteiger partial charge in [0.15, 0.2) is 22.7 Å². The van der Waals surface area contributed by atoms with Gasteiger partial charge in [-0.3, -0.25) is 14.3 Å². The van der Waals surface area contributed by atoms with Gasteiger partial charge in [-0.2, -0.15) is 10.1 Å². The molecule has 0 fully saturated rings. The fourth-order valence-corrected chi connectivity index (χ4v) is 3.23. The Morgan fingerprint density at radius 2 is 2.11 bits per heavy atom. The number of hydrogen-bond donors (Lipinski definition) is 3. The van der Waals surface area contributed by atoms with Gasteiger partial charge in [0, 0.05) is 13.1 Å². The van der Waals surface area contributed by atoms with E-state index in [2.05, 4.69) is 36.4 Å². The molecule has 11 heteroatoms. The van der Waals surface area contributed by atoms with Gasteiger partial charge in [0.2, 0.25) is 5.95 Å². The largest absolute Gasteiger partial charge is 0.503 e. The Kier molecular flexibility index (Phi) is 5.27. The molecule has 28 heavy (non-hydrogen) atoms. The average Bonchev–Trinajstić information content (AvgIpc) is 3.03. The molecular weight excluding hydrogens is 432 g/mol. The van der Waals surface area contributed by atoms with Crippen molar-refractivity contribution in [2.75, 3.05) is 12.5 Å². The number of hydrazone groups is 1. The number of halogens is 1. The Morgan fingerprint density at radius 1 is 1.39 bits per heavy atom. The van der Waals surface area contributed by atoms with E-state index in [9.17, 15) is 14.7 Å². The van der Waals surface area contributed by atoms with Crippen molar-refractivity contribution in [2.45, 2.75) is 19.9 Å². The molecule has 0 aliphatic heterocycles. The minimum atomic E-state index is -0.540. The zero-order valence-electron chi connectivity index (χ0n) is 15.6. The lowest BCUT2D eigenvalue weighted by molar-refractivity contribution is 0.372. The lowest BCUT2D eigenvalue weighted by Gasteiger charge is -2.11. The topological polar surface area (TPSA) is 127 Å². The van der Waals surface area contributed by atoms with Gasteiger partial charge in [-0.15, -0.1) is 0 Å². The average molecular weight is 451 g/mol. The SMILES string of the molecule is COc1cc(C=NNc2nc3c(c(=O)[nH]c(=O)n3C)n2C(C)C)cc(Br)c1O. The number of aromatic nitrogens is 4. The van der Waals surface area contributed by atoms with Crippen molar-refractivity contribution in [2.24, 2.45) is 12.1 Å². The molecule has 0 saturated carbocycles. The summed E-state index contributed by atoms with van der Waals surface area (Å²) in [6.45, 7) is 3.78. The second-order valence-electron chi connectivity index (χ2n) is 6.31. The van der Waals surface area contributed by atoms with Crippen LogP contribution in [0.3, 0.4) is 0 Å². The van der Waals surface area contributed by atoms with Crippen LogP contribution in [0.1, 0.15) is 25.5 Å². The normalized spacial score (nSPS) is 11.6. The lowest BCUT2D eigenvalue weighted by atomic mass is 10.2. The number of aromatic hydroxyl groups is 1. The van der Waals surface area contributed by atoms with Crippen LogP contribution in [0.5, 0.6) is 11.5 Å². The molecule has 148 valence electrons. The van der Waals surface area contributed by atoms with E-state index in [0.717, 1.165) is 0 Å². The van der Waals surface area contributed by atoms with Crippen molar-refractivity contribution in [1.29, 1.82) is 0 Å². The number of benzene rings is 1. The van der Waals surface area contributed by atoms with Gasteiger partial charge in [0.05, 0.1) is 17.8 Å². The summed E-state index contributed by atoms with van der Waals surface area (Å²) in [5.74, 6) is 0.610. The summed E-state index contributed by atoms with van der Waals surface area (Å²) in [5, 5.41) is 14.0. The first-order chi connectivity index (χ1) is 13.2. The van der Waals surface area contributed by atoms with Gasteiger partial charge in [0.25, 0.3) is 5.56 Å². The van der Waals surface area contributed by atoms with Crippen LogP contribution in [0.2, 0.25) is 0 Å². The summed E-state index contributed by atoms with van der Waals surface area (Å²) in [6, 6.07) is 3.18. The van der Waals surface area contributed by atoms with Crippen LogP contribution in [0.25, 0.3) is 11.2 Å². The van der Waals surface area contributed by atoms with Gasteiger partial charge in [-0.1, -0.05) is 0 Å². The van der Waals surface area contributed by atoms with Crippen LogP contribution in [-0.2, 0) is 7.05 Å². The Morgan fingerprint density at radius 3 is 2.75 bits per heavy atom. The van der Waals surface area contributed by atoms with Crippen LogP contribution in [0.4, 0.5) is 5.95 Å². The number of phenolic OH excluding ortho intramolecular Hbond substituents is 1. The number of nitrogens with one attached hydrogen (secondary N) is 2. The molecule has 1 aromatic carbocycles. The van der Waals surface area contributed by atoms with E-state index < -0.39 is 11.2 Å². The van der Waals surface area contributed by atoms with Gasteiger partial charge in [0.1, 0.15) is 0 Å². The number of imidazole rings is 1. The van der Waals surface area contributed by atoms with Gasteiger partial charge < -0.3 is 14.4 Å². The fraction of sp³-hybridized carbons (Fsp3) is 0.294. The van der Waals surface area contributed by atoms with Crippen LogP contribution in [-0.4, -0.2) is 37.5 Å². The summed E-state index contributed by atoms with van der Waals surface area (Å²) in [7, 11) is 2.99. The maximum absolute atomic E-state index is 12.3. The van der Waals surface area contributed by atoms with Crippen molar-refractivity contribution in [1.82, 2.24) is 19.1 Å². The van der Waals surface area contributed by atoms with Crippen molar-refractivity contribution < 1.29 is 9.84 Å². The molecule has 3 N–H and O–H groups in total. The number of fused-ring (bicyclic) bond motifs is 1. The fourth-order valence-electron chi connectivity index (χ4n) is 2.77. The summed E-state index contributed by atoms with van der Waals surface area (Å²) in [6.07, 6.45) is 1.51. The molecule has 0 radical (unpaired) electrons. The highest BCUT2D eigenvalue weighted by Gasteiger charge is 2.18. The van der Waals surface area contributed by atoms with E-state index in [1.54, 1.807) is 16.7 Å². The number of phenols is 1.